The number of carbonyl (C=O) groups is 1. The topological polar surface area (TPSA) is 85.8 Å². The van der Waals surface area contributed by atoms with E-state index in [4.69, 9.17) is 4.42 Å². The summed E-state index contributed by atoms with van der Waals surface area (Å²) in [5.41, 5.74) is 1.54. The van der Waals surface area contributed by atoms with E-state index < -0.39 is 0 Å². The number of aromatic nitrogens is 4. The Balaban J connectivity index is 1.67. The molecule has 0 atom stereocenters. The van der Waals surface area contributed by atoms with Gasteiger partial charge in [-0.05, 0) is 29.8 Å². The van der Waals surface area contributed by atoms with Crippen molar-refractivity contribution in [3.63, 3.8) is 0 Å². The molecule has 7 heteroatoms. The molecule has 0 radical (unpaired) electrons. The maximum atomic E-state index is 12.8. The Morgan fingerprint density at radius 1 is 1.04 bits per heavy atom. The number of benzene rings is 1. The van der Waals surface area contributed by atoms with Gasteiger partial charge >= 0.3 is 0 Å². The van der Waals surface area contributed by atoms with Crippen LogP contribution in [0.5, 0.6) is 0 Å². The lowest BCUT2D eigenvalue weighted by Gasteiger charge is -2.07. The number of nitrogens with one attached hydrogen (secondary N) is 1. The number of hydrogen-bond acceptors (Lipinski definition) is 6. The van der Waals surface area contributed by atoms with E-state index in [1.165, 1.54) is 10.9 Å². The minimum Gasteiger partial charge on any atom is -0.461 e. The summed E-state index contributed by atoms with van der Waals surface area (Å²) in [5.74, 6) is 0.886. The molecule has 0 saturated carbocycles. The molecule has 26 heavy (non-hydrogen) atoms. The smallest absolute Gasteiger partial charge is 0.281 e. The molecule has 0 spiro atoms. The molecule has 0 aliphatic rings. The Bertz CT molecular complexity index is 995. The Kier molecular flexibility index (Phi) is 4.26. The third-order valence-corrected chi connectivity index (χ3v) is 3.76. The largest absolute Gasteiger partial charge is 0.461 e. The van der Waals surface area contributed by atoms with Crippen molar-refractivity contribution in [3.05, 3.63) is 84.4 Å². The molecule has 1 aromatic carbocycles. The van der Waals surface area contributed by atoms with Gasteiger partial charge in [-0.1, -0.05) is 30.3 Å². The lowest BCUT2D eigenvalue weighted by Crippen LogP contribution is -2.17. The zero-order valence-corrected chi connectivity index (χ0v) is 13.7. The maximum Gasteiger partial charge on any atom is 0.281 e. The molecule has 0 aliphatic heterocycles. The van der Waals surface area contributed by atoms with Crippen LogP contribution in [0.2, 0.25) is 0 Å². The predicted octanol–water partition coefficient (Wildman–Crippen LogP) is 3.23. The number of nitrogens with zero attached hydrogens (tertiary/aromatic N) is 4. The van der Waals surface area contributed by atoms with Crippen molar-refractivity contribution in [3.8, 4) is 11.6 Å². The second-order valence-electron chi connectivity index (χ2n) is 5.53. The van der Waals surface area contributed by atoms with Crippen LogP contribution in [0.4, 0.5) is 5.95 Å². The number of pyridine rings is 1. The Morgan fingerprint density at radius 3 is 2.58 bits per heavy atom. The first kappa shape index (κ1) is 15.8. The summed E-state index contributed by atoms with van der Waals surface area (Å²) in [6.07, 6.45) is 4.67. The SMILES string of the molecule is O=C(c1ccncc1)n1nc(-c2ccco2)nc1NCc1ccccc1. The van der Waals surface area contributed by atoms with Crippen molar-refractivity contribution in [2.45, 2.75) is 6.54 Å². The van der Waals surface area contributed by atoms with Crippen LogP contribution in [-0.4, -0.2) is 25.7 Å². The van der Waals surface area contributed by atoms with Crippen LogP contribution in [0.25, 0.3) is 11.6 Å². The average Bonchev–Trinajstić information content (AvgIpc) is 3.37. The van der Waals surface area contributed by atoms with E-state index in [0.29, 0.717) is 29.6 Å². The molecule has 0 fully saturated rings. The van der Waals surface area contributed by atoms with Gasteiger partial charge in [0.05, 0.1) is 6.26 Å². The van der Waals surface area contributed by atoms with Crippen molar-refractivity contribution < 1.29 is 9.21 Å². The Labute approximate surface area is 149 Å². The van der Waals surface area contributed by atoms with Gasteiger partial charge < -0.3 is 9.73 Å². The van der Waals surface area contributed by atoms with Crippen LogP contribution in [-0.2, 0) is 6.54 Å². The fourth-order valence-corrected chi connectivity index (χ4v) is 2.47. The number of carbonyl (C=O) groups excluding carboxylic acids is 1. The van der Waals surface area contributed by atoms with E-state index in [0.717, 1.165) is 5.56 Å². The van der Waals surface area contributed by atoms with Crippen LogP contribution in [0, 0.1) is 0 Å². The molecule has 4 rings (SSSR count). The normalized spacial score (nSPS) is 10.6. The zero-order valence-electron chi connectivity index (χ0n) is 13.7. The highest BCUT2D eigenvalue weighted by Gasteiger charge is 2.19. The van der Waals surface area contributed by atoms with Crippen molar-refractivity contribution in [1.29, 1.82) is 0 Å². The van der Waals surface area contributed by atoms with Crippen LogP contribution >= 0.6 is 0 Å². The zero-order chi connectivity index (χ0) is 17.8. The molecule has 0 unspecified atom stereocenters. The third kappa shape index (κ3) is 3.23. The van der Waals surface area contributed by atoms with Gasteiger partial charge in [0, 0.05) is 24.5 Å². The van der Waals surface area contributed by atoms with Crippen molar-refractivity contribution in [1.82, 2.24) is 19.7 Å². The second kappa shape index (κ2) is 7.02. The quantitative estimate of drug-likeness (QED) is 0.598. The summed E-state index contributed by atoms with van der Waals surface area (Å²) < 4.78 is 6.59. The van der Waals surface area contributed by atoms with Crippen LogP contribution < -0.4 is 5.32 Å². The highest BCUT2D eigenvalue weighted by atomic mass is 16.3. The van der Waals surface area contributed by atoms with Gasteiger partial charge in [-0.3, -0.25) is 9.78 Å². The fraction of sp³-hybridized carbons (Fsp3) is 0.0526. The lowest BCUT2D eigenvalue weighted by atomic mass is 10.2. The number of hydrogen-bond donors (Lipinski definition) is 1. The molecule has 4 aromatic rings. The van der Waals surface area contributed by atoms with Gasteiger partial charge in [-0.25, -0.2) is 0 Å². The van der Waals surface area contributed by atoms with E-state index in [-0.39, 0.29) is 5.91 Å². The first-order valence-electron chi connectivity index (χ1n) is 8.05. The molecule has 128 valence electrons. The first-order chi connectivity index (χ1) is 12.8. The molecule has 0 bridgehead atoms. The summed E-state index contributed by atoms with van der Waals surface area (Å²) in [5, 5.41) is 7.49. The van der Waals surface area contributed by atoms with Crippen LogP contribution in [0.1, 0.15) is 15.9 Å². The molecular formula is C19H15N5O2. The molecule has 3 heterocycles. The monoisotopic (exact) mass is 345 g/mol. The van der Waals surface area contributed by atoms with E-state index in [1.54, 1.807) is 36.7 Å². The highest BCUT2D eigenvalue weighted by Crippen LogP contribution is 2.19. The summed E-state index contributed by atoms with van der Waals surface area (Å²) >= 11 is 0. The van der Waals surface area contributed by atoms with Gasteiger partial charge in [-0.2, -0.15) is 9.67 Å². The van der Waals surface area contributed by atoms with Crippen LogP contribution in [0.3, 0.4) is 0 Å². The third-order valence-electron chi connectivity index (χ3n) is 3.76. The summed E-state index contributed by atoms with van der Waals surface area (Å²) in [7, 11) is 0. The lowest BCUT2D eigenvalue weighted by molar-refractivity contribution is 0.0947. The molecule has 0 aliphatic carbocycles. The van der Waals surface area contributed by atoms with Gasteiger partial charge in [0.1, 0.15) is 0 Å². The summed E-state index contributed by atoms with van der Waals surface area (Å²) in [6.45, 7) is 0.515. The van der Waals surface area contributed by atoms with Crippen molar-refractivity contribution >= 4 is 11.9 Å². The molecule has 0 saturated heterocycles. The molecule has 1 N–H and O–H groups in total. The minimum absolute atomic E-state index is 0.298. The van der Waals surface area contributed by atoms with Crippen molar-refractivity contribution in [2.75, 3.05) is 5.32 Å². The molecule has 0 amide bonds. The first-order valence-corrected chi connectivity index (χ1v) is 8.05. The van der Waals surface area contributed by atoms with E-state index in [9.17, 15) is 4.79 Å². The number of rotatable bonds is 5. The van der Waals surface area contributed by atoms with Crippen LogP contribution in [0.15, 0.2) is 77.7 Å². The van der Waals surface area contributed by atoms with E-state index in [2.05, 4.69) is 20.4 Å². The van der Waals surface area contributed by atoms with Gasteiger partial charge in [0.25, 0.3) is 5.91 Å². The predicted molar refractivity (Wildman–Crippen MR) is 95.5 cm³/mol. The van der Waals surface area contributed by atoms with Gasteiger partial charge in [-0.15, -0.1) is 5.10 Å². The summed E-state index contributed by atoms with van der Waals surface area (Å²) in [4.78, 5) is 21.2. The standard InChI is InChI=1S/C19H15N5O2/c25-18(15-8-10-20-11-9-15)24-19(21-13-14-5-2-1-3-6-14)22-17(23-24)16-7-4-12-26-16/h1-12H,13H2,(H,21,22,23). The highest BCUT2D eigenvalue weighted by molar-refractivity contribution is 5.96. The summed E-state index contributed by atoms with van der Waals surface area (Å²) in [6, 6.07) is 16.6. The Morgan fingerprint density at radius 2 is 1.85 bits per heavy atom. The van der Waals surface area contributed by atoms with E-state index >= 15 is 0 Å². The second-order valence-corrected chi connectivity index (χ2v) is 5.53. The number of furan rings is 1. The maximum absolute atomic E-state index is 12.8. The molecule has 3 aromatic heterocycles. The van der Waals surface area contributed by atoms with Gasteiger partial charge in [0.2, 0.25) is 11.8 Å². The molecular weight excluding hydrogens is 330 g/mol. The number of anilines is 1. The van der Waals surface area contributed by atoms with Crippen molar-refractivity contribution in [2.24, 2.45) is 0 Å². The fourth-order valence-electron chi connectivity index (χ4n) is 2.47. The Hall–Kier alpha value is -3.74. The minimum atomic E-state index is -0.298. The molecule has 7 nitrogen and oxygen atoms in total. The van der Waals surface area contributed by atoms with Gasteiger partial charge in [0.15, 0.2) is 5.76 Å². The van der Waals surface area contributed by atoms with E-state index in [1.807, 2.05) is 30.3 Å². The average molecular weight is 345 g/mol.